The molecule has 0 fully saturated rings. The lowest BCUT2D eigenvalue weighted by molar-refractivity contribution is 0.0696. The third-order valence-corrected chi connectivity index (χ3v) is 3.16. The van der Waals surface area contributed by atoms with Crippen LogP contribution in [0.4, 0.5) is 0 Å². The number of hydrogen-bond donors (Lipinski definition) is 1. The van der Waals surface area contributed by atoms with Crippen molar-refractivity contribution in [2.24, 2.45) is 7.05 Å². The van der Waals surface area contributed by atoms with E-state index in [-0.39, 0.29) is 0 Å². The zero-order valence-electron chi connectivity index (χ0n) is 9.57. The highest BCUT2D eigenvalue weighted by atomic mass is 35.5. The fourth-order valence-electron chi connectivity index (χ4n) is 1.81. The van der Waals surface area contributed by atoms with E-state index < -0.39 is 5.97 Å². The van der Waals surface area contributed by atoms with E-state index in [9.17, 15) is 4.79 Å². The van der Waals surface area contributed by atoms with Crippen molar-refractivity contribution in [3.8, 4) is 11.3 Å². The normalized spacial score (nSPS) is 10.5. The number of aromatic carboxylic acids is 1. The average Bonchev–Trinajstić information content (AvgIpc) is 2.58. The standard InChI is InChI=1S/C13H12ClNO2/c1-8-11(13(16)17)7-12(15(8)2)9-3-5-10(14)6-4-9/h3-7H,1-2H3,(H,16,17). The molecule has 0 aliphatic carbocycles. The summed E-state index contributed by atoms with van der Waals surface area (Å²) in [6.45, 7) is 1.79. The van der Waals surface area contributed by atoms with Gasteiger partial charge in [0.2, 0.25) is 0 Å². The quantitative estimate of drug-likeness (QED) is 0.887. The van der Waals surface area contributed by atoms with Crippen molar-refractivity contribution >= 4 is 17.6 Å². The number of benzene rings is 1. The van der Waals surface area contributed by atoms with Crippen LogP contribution in [0.25, 0.3) is 11.3 Å². The van der Waals surface area contributed by atoms with Crippen molar-refractivity contribution in [1.82, 2.24) is 4.57 Å². The zero-order valence-corrected chi connectivity index (χ0v) is 10.3. The summed E-state index contributed by atoms with van der Waals surface area (Å²) in [5, 5.41) is 9.72. The third kappa shape index (κ3) is 2.06. The van der Waals surface area contributed by atoms with Gasteiger partial charge in [-0.05, 0) is 30.7 Å². The highest BCUT2D eigenvalue weighted by Gasteiger charge is 2.15. The molecule has 0 saturated heterocycles. The van der Waals surface area contributed by atoms with Crippen molar-refractivity contribution in [3.05, 3.63) is 46.6 Å². The van der Waals surface area contributed by atoms with Crippen LogP contribution in [0.3, 0.4) is 0 Å². The molecule has 0 aliphatic rings. The number of carboxylic acids is 1. The molecule has 0 spiro atoms. The molecule has 2 aromatic rings. The molecule has 4 heteroatoms. The Morgan fingerprint density at radius 1 is 1.29 bits per heavy atom. The van der Waals surface area contributed by atoms with Gasteiger partial charge in [-0.25, -0.2) is 4.79 Å². The summed E-state index contributed by atoms with van der Waals surface area (Å²) in [5.74, 6) is -0.904. The van der Waals surface area contributed by atoms with Crippen molar-refractivity contribution in [1.29, 1.82) is 0 Å². The predicted molar refractivity (Wildman–Crippen MR) is 67.6 cm³/mol. The molecular formula is C13H12ClNO2. The summed E-state index contributed by atoms with van der Waals surface area (Å²) < 4.78 is 1.87. The minimum Gasteiger partial charge on any atom is -0.478 e. The second-order valence-corrected chi connectivity index (χ2v) is 4.34. The topological polar surface area (TPSA) is 42.2 Å². The Morgan fingerprint density at radius 3 is 2.35 bits per heavy atom. The Kier molecular flexibility index (Phi) is 2.94. The molecule has 1 aromatic carbocycles. The maximum Gasteiger partial charge on any atom is 0.337 e. The molecule has 0 atom stereocenters. The van der Waals surface area contributed by atoms with Gasteiger partial charge in [-0.15, -0.1) is 0 Å². The minimum absolute atomic E-state index is 0.331. The summed E-state index contributed by atoms with van der Waals surface area (Å²) >= 11 is 5.82. The molecule has 88 valence electrons. The van der Waals surface area contributed by atoms with Gasteiger partial charge in [0.15, 0.2) is 0 Å². The van der Waals surface area contributed by atoms with Gasteiger partial charge < -0.3 is 9.67 Å². The van der Waals surface area contributed by atoms with Gasteiger partial charge in [0, 0.05) is 23.5 Å². The summed E-state index contributed by atoms with van der Waals surface area (Å²) in [6.07, 6.45) is 0. The largest absolute Gasteiger partial charge is 0.478 e. The first-order valence-corrected chi connectivity index (χ1v) is 5.54. The lowest BCUT2D eigenvalue weighted by Crippen LogP contribution is -1.99. The molecule has 0 unspecified atom stereocenters. The van der Waals surface area contributed by atoms with Gasteiger partial charge in [0.1, 0.15) is 0 Å². The predicted octanol–water partition coefficient (Wildman–Crippen LogP) is 3.35. The molecule has 1 N–H and O–H groups in total. The number of carboxylic acid groups (broad SMARTS) is 1. The van der Waals surface area contributed by atoms with Gasteiger partial charge in [-0.2, -0.15) is 0 Å². The van der Waals surface area contributed by atoms with Crippen LogP contribution in [-0.2, 0) is 7.05 Å². The molecule has 0 radical (unpaired) electrons. The van der Waals surface area contributed by atoms with Crippen LogP contribution in [-0.4, -0.2) is 15.6 Å². The van der Waals surface area contributed by atoms with Crippen molar-refractivity contribution < 1.29 is 9.90 Å². The molecule has 2 rings (SSSR count). The monoisotopic (exact) mass is 249 g/mol. The molecule has 0 aliphatic heterocycles. The third-order valence-electron chi connectivity index (χ3n) is 2.91. The van der Waals surface area contributed by atoms with Crippen molar-refractivity contribution in [2.75, 3.05) is 0 Å². The Hall–Kier alpha value is -1.74. The van der Waals surface area contributed by atoms with Crippen LogP contribution in [0.2, 0.25) is 5.02 Å². The van der Waals surface area contributed by atoms with Crippen molar-refractivity contribution in [2.45, 2.75) is 6.92 Å². The fourth-order valence-corrected chi connectivity index (χ4v) is 1.94. The first-order chi connectivity index (χ1) is 8.00. The second-order valence-electron chi connectivity index (χ2n) is 3.90. The zero-order chi connectivity index (χ0) is 12.6. The van der Waals surface area contributed by atoms with Gasteiger partial charge in [0.25, 0.3) is 0 Å². The Morgan fingerprint density at radius 2 is 1.88 bits per heavy atom. The van der Waals surface area contributed by atoms with E-state index in [0.29, 0.717) is 10.6 Å². The molecule has 17 heavy (non-hydrogen) atoms. The van der Waals surface area contributed by atoms with Gasteiger partial charge in [0.05, 0.1) is 5.56 Å². The van der Waals surface area contributed by atoms with Gasteiger partial charge >= 0.3 is 5.97 Å². The van der Waals surface area contributed by atoms with Crippen LogP contribution in [0.15, 0.2) is 30.3 Å². The number of aromatic nitrogens is 1. The Balaban J connectivity index is 2.56. The average molecular weight is 250 g/mol. The maximum absolute atomic E-state index is 11.0. The van der Waals surface area contributed by atoms with E-state index in [1.165, 1.54) is 0 Å². The number of carbonyl (C=O) groups is 1. The molecule has 0 saturated carbocycles. The van der Waals surface area contributed by atoms with E-state index in [2.05, 4.69) is 0 Å². The number of nitrogens with zero attached hydrogens (tertiary/aromatic N) is 1. The molecule has 0 bridgehead atoms. The summed E-state index contributed by atoms with van der Waals surface area (Å²) in [7, 11) is 1.85. The summed E-state index contributed by atoms with van der Waals surface area (Å²) in [4.78, 5) is 11.0. The minimum atomic E-state index is -0.904. The molecule has 1 aromatic heterocycles. The number of hydrogen-bond acceptors (Lipinski definition) is 1. The Bertz CT molecular complexity index is 570. The maximum atomic E-state index is 11.0. The van der Waals surface area contributed by atoms with Crippen LogP contribution >= 0.6 is 11.6 Å². The highest BCUT2D eigenvalue weighted by molar-refractivity contribution is 6.30. The van der Waals surface area contributed by atoms with Crippen LogP contribution in [0, 0.1) is 6.92 Å². The lowest BCUT2D eigenvalue weighted by atomic mass is 10.1. The van der Waals surface area contributed by atoms with Crippen LogP contribution < -0.4 is 0 Å². The number of rotatable bonds is 2. The van der Waals surface area contributed by atoms with Crippen LogP contribution in [0.1, 0.15) is 16.1 Å². The van der Waals surface area contributed by atoms with E-state index >= 15 is 0 Å². The highest BCUT2D eigenvalue weighted by Crippen LogP contribution is 2.25. The molecule has 3 nitrogen and oxygen atoms in total. The fraction of sp³-hybridized carbons (Fsp3) is 0.154. The second kappa shape index (κ2) is 4.26. The summed E-state index contributed by atoms with van der Waals surface area (Å²) in [6, 6.07) is 9.02. The lowest BCUT2D eigenvalue weighted by Gasteiger charge is -2.05. The summed E-state index contributed by atoms with van der Waals surface area (Å²) in [5.41, 5.74) is 2.89. The SMILES string of the molecule is Cc1c(C(=O)O)cc(-c2ccc(Cl)cc2)n1C. The first-order valence-electron chi connectivity index (χ1n) is 5.16. The van der Waals surface area contributed by atoms with E-state index in [1.807, 2.05) is 23.7 Å². The first kappa shape index (κ1) is 11.7. The molecular weight excluding hydrogens is 238 g/mol. The molecule has 1 heterocycles. The van der Waals surface area contributed by atoms with Crippen LogP contribution in [0.5, 0.6) is 0 Å². The molecule has 0 amide bonds. The van der Waals surface area contributed by atoms with E-state index in [0.717, 1.165) is 17.0 Å². The van der Waals surface area contributed by atoms with Crippen molar-refractivity contribution in [3.63, 3.8) is 0 Å². The smallest absolute Gasteiger partial charge is 0.337 e. The van der Waals surface area contributed by atoms with Gasteiger partial charge in [-0.3, -0.25) is 0 Å². The Labute approximate surface area is 104 Å². The van der Waals surface area contributed by atoms with Gasteiger partial charge in [-0.1, -0.05) is 23.7 Å². The number of halogens is 1. The van der Waals surface area contributed by atoms with E-state index in [1.54, 1.807) is 25.1 Å². The van der Waals surface area contributed by atoms with E-state index in [4.69, 9.17) is 16.7 Å².